The van der Waals surface area contributed by atoms with Crippen molar-refractivity contribution in [2.75, 3.05) is 0 Å². The molecule has 2 aromatic heterocycles. The molecule has 1 unspecified atom stereocenters. The van der Waals surface area contributed by atoms with Gasteiger partial charge in [-0.1, -0.05) is 30.7 Å². The molecular weight excluding hydrogens is 381 g/mol. The highest BCUT2D eigenvalue weighted by Gasteiger charge is 2.34. The summed E-state index contributed by atoms with van der Waals surface area (Å²) < 4.78 is 41.4. The van der Waals surface area contributed by atoms with Gasteiger partial charge >= 0.3 is 6.18 Å². The summed E-state index contributed by atoms with van der Waals surface area (Å²) in [5, 5.41) is 0.555. The van der Waals surface area contributed by atoms with Crippen molar-refractivity contribution in [3.05, 3.63) is 45.8 Å². The molecule has 0 bridgehead atoms. The molecule has 0 radical (unpaired) electrons. The van der Waals surface area contributed by atoms with E-state index in [4.69, 9.17) is 11.6 Å². The molecule has 3 rings (SSSR count). The van der Waals surface area contributed by atoms with E-state index in [1.807, 2.05) is 6.92 Å². The number of nitrogens with zero attached hydrogens (tertiary/aromatic N) is 4. The van der Waals surface area contributed by atoms with Crippen molar-refractivity contribution in [1.82, 2.24) is 19.1 Å². The molecule has 0 aliphatic heterocycles. The van der Waals surface area contributed by atoms with Gasteiger partial charge in [-0.15, -0.1) is 0 Å². The van der Waals surface area contributed by atoms with Crippen LogP contribution in [-0.4, -0.2) is 25.3 Å². The Hall–Kier alpha value is -2.09. The number of imidazole rings is 1. The van der Waals surface area contributed by atoms with Crippen molar-refractivity contribution in [2.45, 2.75) is 44.8 Å². The van der Waals surface area contributed by atoms with Gasteiger partial charge in [-0.2, -0.15) is 13.2 Å². The van der Waals surface area contributed by atoms with Crippen molar-refractivity contribution < 1.29 is 13.2 Å². The standard InChI is InChI=1S/C18H20ClF3N4O/c1-11(9-18(20,21)22)8-13-24-15-14(23-10-25(15)3)16(27)26(13)17(2)6-4-12(19)5-7-17/h4-6,10-11H,7-9H2,1-3H3/t11-,17?/m1/s1. The van der Waals surface area contributed by atoms with Crippen LogP contribution in [0.25, 0.3) is 11.2 Å². The van der Waals surface area contributed by atoms with E-state index in [0.29, 0.717) is 22.9 Å². The Kier molecular flexibility index (Phi) is 4.96. The SMILES string of the molecule is C[C@H](Cc1nc2c(ncn2C)c(=O)n1C1(C)C=CC(Cl)=CC1)CC(F)(F)F. The molecule has 0 fully saturated rings. The first-order chi connectivity index (χ1) is 12.5. The molecule has 1 aliphatic carbocycles. The summed E-state index contributed by atoms with van der Waals surface area (Å²) in [5.41, 5.74) is -0.586. The van der Waals surface area contributed by atoms with Gasteiger partial charge in [0.25, 0.3) is 5.56 Å². The van der Waals surface area contributed by atoms with Crippen molar-refractivity contribution in [3.63, 3.8) is 0 Å². The lowest BCUT2D eigenvalue weighted by Crippen LogP contribution is -2.41. The third-order valence-electron chi connectivity index (χ3n) is 4.74. The predicted molar refractivity (Wildman–Crippen MR) is 97.7 cm³/mol. The maximum atomic E-state index is 13.2. The van der Waals surface area contributed by atoms with Crippen molar-refractivity contribution in [2.24, 2.45) is 13.0 Å². The first-order valence-corrected chi connectivity index (χ1v) is 8.93. The van der Waals surface area contributed by atoms with E-state index in [1.165, 1.54) is 17.8 Å². The summed E-state index contributed by atoms with van der Waals surface area (Å²) in [6.45, 7) is 3.34. The molecule has 2 heterocycles. The normalized spacial score (nSPS) is 21.5. The molecule has 0 aromatic carbocycles. The third-order valence-corrected chi connectivity index (χ3v) is 5.02. The van der Waals surface area contributed by atoms with Crippen LogP contribution >= 0.6 is 11.6 Å². The van der Waals surface area contributed by atoms with Crippen LogP contribution in [0.4, 0.5) is 13.2 Å². The summed E-state index contributed by atoms with van der Waals surface area (Å²) in [6, 6.07) is 0. The van der Waals surface area contributed by atoms with Gasteiger partial charge in [-0.25, -0.2) is 9.97 Å². The second kappa shape index (κ2) is 6.82. The molecule has 0 saturated heterocycles. The number of halogens is 4. The number of rotatable bonds is 4. The number of hydrogen-bond donors (Lipinski definition) is 0. The molecule has 5 nitrogen and oxygen atoms in total. The van der Waals surface area contributed by atoms with Gasteiger partial charge in [0.2, 0.25) is 0 Å². The van der Waals surface area contributed by atoms with Crippen LogP contribution in [0.15, 0.2) is 34.4 Å². The Balaban J connectivity index is 2.14. The first-order valence-electron chi connectivity index (χ1n) is 8.55. The quantitative estimate of drug-likeness (QED) is 0.777. The third kappa shape index (κ3) is 3.95. The van der Waals surface area contributed by atoms with Crippen LogP contribution in [0, 0.1) is 5.92 Å². The monoisotopic (exact) mass is 400 g/mol. The van der Waals surface area contributed by atoms with Gasteiger partial charge in [-0.05, 0) is 25.3 Å². The number of alkyl halides is 3. The van der Waals surface area contributed by atoms with Crippen molar-refractivity contribution in [1.29, 1.82) is 0 Å². The maximum absolute atomic E-state index is 13.2. The lowest BCUT2D eigenvalue weighted by atomic mass is 9.92. The highest BCUT2D eigenvalue weighted by atomic mass is 35.5. The molecule has 0 N–H and O–H groups in total. The molecule has 0 spiro atoms. The summed E-state index contributed by atoms with van der Waals surface area (Å²) in [7, 11) is 1.69. The number of aromatic nitrogens is 4. The molecule has 2 aromatic rings. The van der Waals surface area contributed by atoms with Crippen LogP contribution in [-0.2, 0) is 19.0 Å². The number of fused-ring (bicyclic) bond motifs is 1. The smallest absolute Gasteiger partial charge is 0.318 e. The van der Waals surface area contributed by atoms with E-state index in [-0.39, 0.29) is 17.5 Å². The maximum Gasteiger partial charge on any atom is 0.389 e. The van der Waals surface area contributed by atoms with Crippen molar-refractivity contribution >= 4 is 22.8 Å². The van der Waals surface area contributed by atoms with Crippen molar-refractivity contribution in [3.8, 4) is 0 Å². The topological polar surface area (TPSA) is 52.7 Å². The number of hydrogen-bond acceptors (Lipinski definition) is 3. The minimum absolute atomic E-state index is 0.0246. The second-order valence-electron chi connectivity index (χ2n) is 7.31. The van der Waals surface area contributed by atoms with E-state index < -0.39 is 24.1 Å². The van der Waals surface area contributed by atoms with E-state index in [1.54, 1.807) is 29.8 Å². The Morgan fingerprint density at radius 2 is 2.11 bits per heavy atom. The highest BCUT2D eigenvalue weighted by Crippen LogP contribution is 2.32. The predicted octanol–water partition coefficient (Wildman–Crippen LogP) is 4.06. The van der Waals surface area contributed by atoms with Crippen LogP contribution < -0.4 is 5.56 Å². The zero-order chi connectivity index (χ0) is 20.0. The zero-order valence-electron chi connectivity index (χ0n) is 15.2. The van der Waals surface area contributed by atoms with E-state index in [9.17, 15) is 18.0 Å². The Bertz CT molecular complexity index is 989. The Labute approximate surface area is 159 Å². The van der Waals surface area contributed by atoms with Gasteiger partial charge in [0.15, 0.2) is 11.2 Å². The van der Waals surface area contributed by atoms with Crippen LogP contribution in [0.1, 0.15) is 32.5 Å². The lowest BCUT2D eigenvalue weighted by molar-refractivity contribution is -0.143. The van der Waals surface area contributed by atoms with Crippen LogP contribution in [0.5, 0.6) is 0 Å². The zero-order valence-corrected chi connectivity index (χ0v) is 16.0. The van der Waals surface area contributed by atoms with Gasteiger partial charge in [0, 0.05) is 24.9 Å². The summed E-state index contributed by atoms with van der Waals surface area (Å²) in [6.07, 6.45) is 1.96. The first kappa shape index (κ1) is 19.7. The molecule has 2 atom stereocenters. The van der Waals surface area contributed by atoms with Crippen LogP contribution in [0.3, 0.4) is 0 Å². The summed E-state index contributed by atoms with van der Waals surface area (Å²) in [4.78, 5) is 21.8. The van der Waals surface area contributed by atoms with E-state index in [2.05, 4.69) is 9.97 Å². The fourth-order valence-corrected chi connectivity index (χ4v) is 3.55. The average Bonchev–Trinajstić information content (AvgIpc) is 2.90. The number of allylic oxidation sites excluding steroid dienone is 4. The molecule has 0 saturated carbocycles. The van der Waals surface area contributed by atoms with Gasteiger partial charge in [-0.3, -0.25) is 9.36 Å². The molecule has 27 heavy (non-hydrogen) atoms. The molecular formula is C18H20ClF3N4O. The molecule has 146 valence electrons. The fraction of sp³-hybridized carbons (Fsp3) is 0.500. The molecule has 0 amide bonds. The molecule has 1 aliphatic rings. The minimum Gasteiger partial charge on any atom is -0.318 e. The lowest BCUT2D eigenvalue weighted by Gasteiger charge is -2.32. The van der Waals surface area contributed by atoms with Crippen LogP contribution in [0.2, 0.25) is 0 Å². The fourth-order valence-electron chi connectivity index (χ4n) is 3.41. The second-order valence-corrected chi connectivity index (χ2v) is 7.74. The summed E-state index contributed by atoms with van der Waals surface area (Å²) in [5.74, 6) is -0.407. The van der Waals surface area contributed by atoms with Gasteiger partial charge < -0.3 is 4.57 Å². The highest BCUT2D eigenvalue weighted by molar-refractivity contribution is 6.31. The van der Waals surface area contributed by atoms with E-state index >= 15 is 0 Å². The van der Waals surface area contributed by atoms with E-state index in [0.717, 1.165) is 0 Å². The summed E-state index contributed by atoms with van der Waals surface area (Å²) >= 11 is 6.00. The number of aryl methyl sites for hydroxylation is 1. The Morgan fingerprint density at radius 1 is 1.41 bits per heavy atom. The Morgan fingerprint density at radius 3 is 2.70 bits per heavy atom. The minimum atomic E-state index is -4.27. The average molecular weight is 401 g/mol. The van der Waals surface area contributed by atoms with Gasteiger partial charge in [0.1, 0.15) is 5.82 Å². The largest absolute Gasteiger partial charge is 0.389 e. The van der Waals surface area contributed by atoms with Gasteiger partial charge in [0.05, 0.1) is 11.9 Å². The molecule has 9 heteroatoms.